The van der Waals surface area contributed by atoms with Crippen molar-refractivity contribution in [2.45, 2.75) is 6.92 Å². The number of nitrogens with zero attached hydrogens (tertiary/aromatic N) is 1. The minimum atomic E-state index is 0.794. The third-order valence-corrected chi connectivity index (χ3v) is 2.68. The summed E-state index contributed by atoms with van der Waals surface area (Å²) in [7, 11) is 0. The molecular formula is C14H11NO2. The minimum absolute atomic E-state index is 0.794. The molecule has 0 bridgehead atoms. The van der Waals surface area contributed by atoms with Gasteiger partial charge < -0.3 is 8.83 Å². The Labute approximate surface area is 98.7 Å². The van der Waals surface area contributed by atoms with Gasteiger partial charge in [0.05, 0.1) is 23.1 Å². The van der Waals surface area contributed by atoms with Gasteiger partial charge in [-0.15, -0.1) is 0 Å². The molecule has 0 unspecified atom stereocenters. The van der Waals surface area contributed by atoms with E-state index in [1.54, 1.807) is 18.7 Å². The monoisotopic (exact) mass is 225 g/mol. The first kappa shape index (κ1) is 9.90. The van der Waals surface area contributed by atoms with Crippen molar-refractivity contribution in [3.8, 4) is 22.6 Å². The van der Waals surface area contributed by atoms with E-state index in [9.17, 15) is 0 Å². The third kappa shape index (κ3) is 1.65. The van der Waals surface area contributed by atoms with E-state index in [2.05, 4.69) is 4.98 Å². The summed E-state index contributed by atoms with van der Waals surface area (Å²) in [5.41, 5.74) is 2.82. The lowest BCUT2D eigenvalue weighted by molar-refractivity contribution is 0.533. The predicted molar refractivity (Wildman–Crippen MR) is 64.4 cm³/mol. The topological polar surface area (TPSA) is 39.2 Å². The normalized spacial score (nSPS) is 10.6. The van der Waals surface area contributed by atoms with Crippen LogP contribution in [0, 0.1) is 6.92 Å². The summed E-state index contributed by atoms with van der Waals surface area (Å²) in [6.07, 6.45) is 5.13. The van der Waals surface area contributed by atoms with Gasteiger partial charge in [-0.05, 0) is 31.2 Å². The SMILES string of the molecule is Cc1occ(-c2ccco2)c1-c1ccccn1. The molecule has 0 aliphatic carbocycles. The predicted octanol–water partition coefficient (Wildman–Crippen LogP) is 3.91. The fourth-order valence-corrected chi connectivity index (χ4v) is 1.90. The lowest BCUT2D eigenvalue weighted by Crippen LogP contribution is -1.84. The van der Waals surface area contributed by atoms with Crippen molar-refractivity contribution in [2.24, 2.45) is 0 Å². The van der Waals surface area contributed by atoms with Crippen LogP contribution >= 0.6 is 0 Å². The molecule has 0 aliphatic heterocycles. The first-order valence-electron chi connectivity index (χ1n) is 5.39. The van der Waals surface area contributed by atoms with Gasteiger partial charge in [-0.25, -0.2) is 0 Å². The van der Waals surface area contributed by atoms with Crippen LogP contribution < -0.4 is 0 Å². The van der Waals surface area contributed by atoms with Crippen LogP contribution in [0.15, 0.2) is 57.9 Å². The smallest absolute Gasteiger partial charge is 0.137 e. The summed E-state index contributed by atoms with van der Waals surface area (Å²) in [6.45, 7) is 1.93. The van der Waals surface area contributed by atoms with E-state index in [-0.39, 0.29) is 0 Å². The van der Waals surface area contributed by atoms with Crippen molar-refractivity contribution in [1.29, 1.82) is 0 Å². The summed E-state index contributed by atoms with van der Waals surface area (Å²) in [5, 5.41) is 0. The maximum Gasteiger partial charge on any atom is 0.137 e. The Kier molecular flexibility index (Phi) is 2.29. The fourth-order valence-electron chi connectivity index (χ4n) is 1.90. The molecular weight excluding hydrogens is 214 g/mol. The van der Waals surface area contributed by atoms with Crippen molar-refractivity contribution >= 4 is 0 Å². The van der Waals surface area contributed by atoms with Crippen molar-refractivity contribution < 1.29 is 8.83 Å². The van der Waals surface area contributed by atoms with Gasteiger partial charge in [0.1, 0.15) is 17.8 Å². The fraction of sp³-hybridized carbons (Fsp3) is 0.0714. The number of rotatable bonds is 2. The molecule has 3 aromatic heterocycles. The van der Waals surface area contributed by atoms with Crippen LogP contribution in [0.3, 0.4) is 0 Å². The molecule has 0 aliphatic rings. The van der Waals surface area contributed by atoms with Crippen LogP contribution in [-0.4, -0.2) is 4.98 Å². The molecule has 0 spiro atoms. The summed E-state index contributed by atoms with van der Waals surface area (Å²) in [4.78, 5) is 4.35. The van der Waals surface area contributed by atoms with Gasteiger partial charge in [-0.2, -0.15) is 0 Å². The zero-order valence-electron chi connectivity index (χ0n) is 9.38. The molecule has 0 radical (unpaired) electrons. The van der Waals surface area contributed by atoms with E-state index in [0.29, 0.717) is 0 Å². The van der Waals surface area contributed by atoms with Crippen LogP contribution in [0.5, 0.6) is 0 Å². The number of furan rings is 2. The van der Waals surface area contributed by atoms with Crippen molar-refractivity contribution in [2.75, 3.05) is 0 Å². The molecule has 0 amide bonds. The van der Waals surface area contributed by atoms with Gasteiger partial charge in [0.25, 0.3) is 0 Å². The van der Waals surface area contributed by atoms with E-state index in [1.807, 2.05) is 37.3 Å². The Morgan fingerprint density at radius 3 is 2.71 bits per heavy atom. The lowest BCUT2D eigenvalue weighted by atomic mass is 10.1. The highest BCUT2D eigenvalue weighted by molar-refractivity contribution is 5.80. The van der Waals surface area contributed by atoms with E-state index >= 15 is 0 Å². The summed E-state index contributed by atoms with van der Waals surface area (Å²) in [5.74, 6) is 1.64. The summed E-state index contributed by atoms with van der Waals surface area (Å²) >= 11 is 0. The van der Waals surface area contributed by atoms with Gasteiger partial charge >= 0.3 is 0 Å². The molecule has 0 saturated heterocycles. The summed E-state index contributed by atoms with van der Waals surface area (Å²) < 4.78 is 10.9. The highest BCUT2D eigenvalue weighted by Gasteiger charge is 2.16. The number of aromatic nitrogens is 1. The van der Waals surface area contributed by atoms with E-state index in [4.69, 9.17) is 8.83 Å². The average Bonchev–Trinajstić information content (AvgIpc) is 2.98. The Hall–Kier alpha value is -2.29. The zero-order chi connectivity index (χ0) is 11.7. The number of hydrogen-bond acceptors (Lipinski definition) is 3. The molecule has 0 saturated carbocycles. The first-order chi connectivity index (χ1) is 8.36. The Balaban J connectivity index is 2.20. The molecule has 0 atom stereocenters. The van der Waals surface area contributed by atoms with Crippen LogP contribution in [0.4, 0.5) is 0 Å². The van der Waals surface area contributed by atoms with Crippen molar-refractivity contribution in [3.05, 3.63) is 54.8 Å². The van der Waals surface area contributed by atoms with Crippen molar-refractivity contribution in [1.82, 2.24) is 4.98 Å². The highest BCUT2D eigenvalue weighted by atomic mass is 16.3. The molecule has 3 rings (SSSR count). The van der Waals surface area contributed by atoms with Gasteiger partial charge in [0, 0.05) is 6.20 Å². The van der Waals surface area contributed by atoms with Gasteiger partial charge in [0.2, 0.25) is 0 Å². The van der Waals surface area contributed by atoms with Crippen LogP contribution in [-0.2, 0) is 0 Å². The Morgan fingerprint density at radius 1 is 1.06 bits per heavy atom. The average molecular weight is 225 g/mol. The number of hydrogen-bond donors (Lipinski definition) is 0. The number of aryl methyl sites for hydroxylation is 1. The molecule has 0 fully saturated rings. The maximum atomic E-state index is 5.47. The molecule has 3 aromatic rings. The van der Waals surface area contributed by atoms with Crippen molar-refractivity contribution in [3.63, 3.8) is 0 Å². The molecule has 3 heteroatoms. The molecule has 84 valence electrons. The molecule has 17 heavy (non-hydrogen) atoms. The second kappa shape index (κ2) is 3.94. The minimum Gasteiger partial charge on any atom is -0.468 e. The van der Waals surface area contributed by atoms with E-state index in [1.165, 1.54) is 0 Å². The van der Waals surface area contributed by atoms with E-state index in [0.717, 1.165) is 28.3 Å². The maximum absolute atomic E-state index is 5.47. The van der Waals surface area contributed by atoms with Crippen LogP contribution in [0.2, 0.25) is 0 Å². The lowest BCUT2D eigenvalue weighted by Gasteiger charge is -2.00. The highest BCUT2D eigenvalue weighted by Crippen LogP contribution is 2.35. The quantitative estimate of drug-likeness (QED) is 0.663. The summed E-state index contributed by atoms with van der Waals surface area (Å²) in [6, 6.07) is 9.59. The second-order valence-corrected chi connectivity index (χ2v) is 3.77. The first-order valence-corrected chi connectivity index (χ1v) is 5.39. The molecule has 3 heterocycles. The molecule has 3 nitrogen and oxygen atoms in total. The van der Waals surface area contributed by atoms with Crippen LogP contribution in [0.25, 0.3) is 22.6 Å². The zero-order valence-corrected chi connectivity index (χ0v) is 9.38. The molecule has 0 aromatic carbocycles. The third-order valence-electron chi connectivity index (χ3n) is 2.68. The standard InChI is InChI=1S/C14H11NO2/c1-10-14(12-5-2-3-7-15-12)11(9-17-10)13-6-4-8-16-13/h2-9H,1H3. The Morgan fingerprint density at radius 2 is 2.00 bits per heavy atom. The Bertz CT molecular complexity index is 609. The second-order valence-electron chi connectivity index (χ2n) is 3.77. The van der Waals surface area contributed by atoms with E-state index < -0.39 is 0 Å². The van der Waals surface area contributed by atoms with Crippen LogP contribution in [0.1, 0.15) is 5.76 Å². The largest absolute Gasteiger partial charge is 0.468 e. The molecule has 0 N–H and O–H groups in total. The van der Waals surface area contributed by atoms with Gasteiger partial charge in [0.15, 0.2) is 0 Å². The van der Waals surface area contributed by atoms with Gasteiger partial charge in [-0.1, -0.05) is 6.07 Å². The van der Waals surface area contributed by atoms with Gasteiger partial charge in [-0.3, -0.25) is 4.98 Å². The number of pyridine rings is 1.